The van der Waals surface area contributed by atoms with Crippen molar-refractivity contribution in [3.63, 3.8) is 0 Å². The van der Waals surface area contributed by atoms with E-state index in [-0.39, 0.29) is 12.5 Å². The Bertz CT molecular complexity index is 739. The van der Waals surface area contributed by atoms with Gasteiger partial charge in [0, 0.05) is 5.69 Å². The number of urea groups is 1. The van der Waals surface area contributed by atoms with E-state index < -0.39 is 17.5 Å². The van der Waals surface area contributed by atoms with Crippen LogP contribution in [0.4, 0.5) is 10.5 Å². The fraction of sp³-hybridized carbons (Fsp3) is 0.500. The van der Waals surface area contributed by atoms with Crippen LogP contribution in [0.15, 0.2) is 24.3 Å². The number of nitrogens with one attached hydrogen (secondary N) is 2. The fourth-order valence-electron chi connectivity index (χ4n) is 3.11. The zero-order valence-corrected chi connectivity index (χ0v) is 15.9. The number of benzene rings is 1. The first-order valence-corrected chi connectivity index (χ1v) is 9.34. The normalized spacial score (nSPS) is 18.9. The van der Waals surface area contributed by atoms with E-state index in [1.54, 1.807) is 31.2 Å². The number of hydrogen-bond acceptors (Lipinski definition) is 4. The Morgan fingerprint density at radius 3 is 2.48 bits per heavy atom. The maximum Gasteiger partial charge on any atom is 0.325 e. The van der Waals surface area contributed by atoms with Gasteiger partial charge >= 0.3 is 6.03 Å². The number of carbonyl (C=O) groups excluding carboxylic acids is 3. The van der Waals surface area contributed by atoms with E-state index in [2.05, 4.69) is 17.6 Å². The number of anilines is 1. The van der Waals surface area contributed by atoms with Crippen LogP contribution < -0.4 is 10.6 Å². The van der Waals surface area contributed by atoms with E-state index >= 15 is 0 Å². The highest BCUT2D eigenvalue weighted by Gasteiger charge is 2.47. The summed E-state index contributed by atoms with van der Waals surface area (Å²) in [6, 6.07) is 7.82. The Labute approximate surface area is 159 Å². The molecule has 1 aromatic carbocycles. The summed E-state index contributed by atoms with van der Waals surface area (Å²) >= 11 is 0. The number of hydrogen-bond donors (Lipinski definition) is 2. The number of nitrogens with zero attached hydrogens (tertiary/aromatic N) is 2. The van der Waals surface area contributed by atoms with Crippen molar-refractivity contribution in [3.05, 3.63) is 29.8 Å². The number of unbranched alkanes of at least 4 members (excludes halogenated alkanes) is 4. The minimum absolute atomic E-state index is 0.337. The fourth-order valence-corrected chi connectivity index (χ4v) is 3.11. The lowest BCUT2D eigenvalue weighted by Crippen LogP contribution is -2.44. The Hall–Kier alpha value is -2.88. The largest absolute Gasteiger partial charge is 0.325 e. The summed E-state index contributed by atoms with van der Waals surface area (Å²) in [6.45, 7) is 3.52. The van der Waals surface area contributed by atoms with Crippen molar-refractivity contribution in [2.45, 2.75) is 57.9 Å². The van der Waals surface area contributed by atoms with Crippen LogP contribution in [0.5, 0.6) is 0 Å². The molecular weight excluding hydrogens is 344 g/mol. The van der Waals surface area contributed by atoms with E-state index in [9.17, 15) is 14.4 Å². The van der Waals surface area contributed by atoms with E-state index in [1.165, 1.54) is 6.42 Å². The molecule has 0 bridgehead atoms. The molecule has 1 atom stereocenters. The lowest BCUT2D eigenvalue weighted by atomic mass is 9.94. The van der Waals surface area contributed by atoms with Gasteiger partial charge in [0.1, 0.15) is 12.1 Å². The van der Waals surface area contributed by atoms with Crippen molar-refractivity contribution in [3.8, 4) is 6.07 Å². The van der Waals surface area contributed by atoms with E-state index in [0.717, 1.165) is 30.6 Å². The highest BCUT2D eigenvalue weighted by Crippen LogP contribution is 2.24. The summed E-state index contributed by atoms with van der Waals surface area (Å²) in [5.41, 5.74) is 0.0411. The van der Waals surface area contributed by atoms with Gasteiger partial charge in [-0.05, 0) is 37.6 Å². The van der Waals surface area contributed by atoms with Crippen LogP contribution in [-0.4, -0.2) is 34.8 Å². The van der Waals surface area contributed by atoms with Gasteiger partial charge in [0.15, 0.2) is 0 Å². The molecule has 1 aliphatic rings. The molecule has 1 aliphatic heterocycles. The molecule has 27 heavy (non-hydrogen) atoms. The van der Waals surface area contributed by atoms with Gasteiger partial charge in [-0.25, -0.2) is 4.79 Å². The molecule has 0 spiro atoms. The molecule has 0 aliphatic carbocycles. The molecule has 2 N–H and O–H groups in total. The average molecular weight is 370 g/mol. The molecule has 2 rings (SSSR count). The van der Waals surface area contributed by atoms with Crippen LogP contribution in [-0.2, 0) is 9.59 Å². The van der Waals surface area contributed by atoms with Crippen LogP contribution in [0.25, 0.3) is 0 Å². The van der Waals surface area contributed by atoms with Gasteiger partial charge < -0.3 is 10.6 Å². The number of imide groups is 1. The van der Waals surface area contributed by atoms with Gasteiger partial charge in [-0.3, -0.25) is 14.5 Å². The first-order chi connectivity index (χ1) is 12.9. The predicted molar refractivity (Wildman–Crippen MR) is 102 cm³/mol. The Morgan fingerprint density at radius 2 is 1.85 bits per heavy atom. The predicted octanol–water partition coefficient (Wildman–Crippen LogP) is 3.17. The van der Waals surface area contributed by atoms with E-state index in [0.29, 0.717) is 17.7 Å². The van der Waals surface area contributed by atoms with E-state index in [1.807, 2.05) is 6.07 Å². The molecule has 1 aromatic rings. The lowest BCUT2D eigenvalue weighted by Gasteiger charge is -2.21. The number of rotatable bonds is 9. The van der Waals surface area contributed by atoms with Crippen molar-refractivity contribution in [1.82, 2.24) is 10.2 Å². The Kier molecular flexibility index (Phi) is 6.94. The Morgan fingerprint density at radius 1 is 1.19 bits per heavy atom. The molecule has 1 unspecified atom stereocenters. The number of carbonyl (C=O) groups is 3. The van der Waals surface area contributed by atoms with Gasteiger partial charge in [-0.15, -0.1) is 0 Å². The zero-order chi connectivity index (χ0) is 19.9. The molecule has 0 radical (unpaired) electrons. The van der Waals surface area contributed by atoms with Crippen LogP contribution >= 0.6 is 0 Å². The topological polar surface area (TPSA) is 102 Å². The van der Waals surface area contributed by atoms with Gasteiger partial charge in [-0.1, -0.05) is 39.0 Å². The van der Waals surface area contributed by atoms with Gasteiger partial charge in [0.25, 0.3) is 5.91 Å². The second-order valence-electron chi connectivity index (χ2n) is 7.06. The summed E-state index contributed by atoms with van der Waals surface area (Å²) in [6.07, 6.45) is 5.87. The summed E-state index contributed by atoms with van der Waals surface area (Å²) in [5, 5.41) is 14.1. The second-order valence-corrected chi connectivity index (χ2v) is 7.06. The maximum absolute atomic E-state index is 12.7. The van der Waals surface area contributed by atoms with Crippen molar-refractivity contribution >= 4 is 23.5 Å². The van der Waals surface area contributed by atoms with Crippen LogP contribution in [0.2, 0.25) is 0 Å². The molecule has 4 amide bonds. The third-order valence-corrected chi connectivity index (χ3v) is 4.72. The SMILES string of the molecule is CCCCCCCC1(C)NC(=O)N(CC(=O)Nc2ccc(C#N)cc2)C1=O. The average Bonchev–Trinajstić information content (AvgIpc) is 2.85. The molecule has 1 saturated heterocycles. The van der Waals surface area contributed by atoms with Crippen molar-refractivity contribution < 1.29 is 14.4 Å². The molecule has 1 fully saturated rings. The smallest absolute Gasteiger partial charge is 0.325 e. The van der Waals surface area contributed by atoms with Gasteiger partial charge in [0.2, 0.25) is 5.91 Å². The highest BCUT2D eigenvalue weighted by molar-refractivity contribution is 6.09. The molecule has 7 heteroatoms. The number of nitriles is 1. The summed E-state index contributed by atoms with van der Waals surface area (Å²) in [7, 11) is 0. The Balaban J connectivity index is 1.89. The summed E-state index contributed by atoms with van der Waals surface area (Å²) in [4.78, 5) is 38.0. The monoisotopic (exact) mass is 370 g/mol. The third kappa shape index (κ3) is 5.30. The molecule has 144 valence electrons. The van der Waals surface area contributed by atoms with Crippen molar-refractivity contribution in [2.75, 3.05) is 11.9 Å². The third-order valence-electron chi connectivity index (χ3n) is 4.72. The highest BCUT2D eigenvalue weighted by atomic mass is 16.2. The molecule has 0 saturated carbocycles. The summed E-state index contributed by atoms with van der Waals surface area (Å²) in [5.74, 6) is -0.826. The molecule has 0 aromatic heterocycles. The van der Waals surface area contributed by atoms with Crippen LogP contribution in [0.3, 0.4) is 0 Å². The van der Waals surface area contributed by atoms with Crippen molar-refractivity contribution in [1.29, 1.82) is 5.26 Å². The first-order valence-electron chi connectivity index (χ1n) is 9.34. The minimum Gasteiger partial charge on any atom is -0.325 e. The standard InChI is InChI=1S/C20H26N4O3/c1-3-4-5-6-7-12-20(2)18(26)24(19(27)23-20)14-17(25)22-16-10-8-15(13-21)9-11-16/h8-11H,3-7,12,14H2,1-2H3,(H,22,25)(H,23,27). The van der Waals surface area contributed by atoms with Crippen LogP contribution in [0, 0.1) is 11.3 Å². The molecule has 7 nitrogen and oxygen atoms in total. The van der Waals surface area contributed by atoms with Crippen molar-refractivity contribution in [2.24, 2.45) is 0 Å². The van der Waals surface area contributed by atoms with E-state index in [4.69, 9.17) is 5.26 Å². The maximum atomic E-state index is 12.7. The van der Waals surface area contributed by atoms with Gasteiger partial charge in [0.05, 0.1) is 11.6 Å². The second kappa shape index (κ2) is 9.17. The van der Waals surface area contributed by atoms with Gasteiger partial charge in [-0.2, -0.15) is 5.26 Å². The number of amides is 4. The minimum atomic E-state index is -0.946. The molecular formula is C20H26N4O3. The molecule has 1 heterocycles. The van der Waals surface area contributed by atoms with Crippen LogP contribution in [0.1, 0.15) is 57.9 Å². The summed E-state index contributed by atoms with van der Waals surface area (Å²) < 4.78 is 0. The lowest BCUT2D eigenvalue weighted by molar-refractivity contribution is -0.133. The first kappa shape index (κ1) is 20.4. The quantitative estimate of drug-likeness (QED) is 0.515. The zero-order valence-electron chi connectivity index (χ0n) is 15.9.